The van der Waals surface area contributed by atoms with Gasteiger partial charge in [-0.3, -0.25) is 4.79 Å². The molecule has 166 valence electrons. The van der Waals surface area contributed by atoms with Crippen LogP contribution in [0.5, 0.6) is 11.5 Å². The number of carboxylic acid groups (broad SMARTS) is 1. The largest absolute Gasteiger partial charge is 0.490 e. The van der Waals surface area contributed by atoms with Crippen LogP contribution >= 0.6 is 11.3 Å². The van der Waals surface area contributed by atoms with Gasteiger partial charge in [0.25, 0.3) is 0 Å². The average molecular weight is 456 g/mol. The van der Waals surface area contributed by atoms with Gasteiger partial charge in [-0.15, -0.1) is 11.3 Å². The molecule has 0 unspecified atom stereocenters. The van der Waals surface area contributed by atoms with E-state index in [0.29, 0.717) is 41.5 Å². The smallest absolute Gasteiger partial charge is 0.346 e. The van der Waals surface area contributed by atoms with E-state index < -0.39 is 11.8 Å². The van der Waals surface area contributed by atoms with Crippen LogP contribution in [-0.2, 0) is 4.79 Å². The van der Waals surface area contributed by atoms with Gasteiger partial charge in [-0.05, 0) is 49.2 Å². The number of halogens is 1. The maximum atomic E-state index is 13.5. The molecule has 0 spiro atoms. The third-order valence-corrected chi connectivity index (χ3v) is 6.49. The van der Waals surface area contributed by atoms with Crippen molar-refractivity contribution in [3.63, 3.8) is 0 Å². The number of benzene rings is 2. The lowest BCUT2D eigenvalue weighted by molar-refractivity contribution is -0.116. The molecule has 1 aromatic heterocycles. The molecule has 0 aliphatic carbocycles. The van der Waals surface area contributed by atoms with E-state index >= 15 is 0 Å². The van der Waals surface area contributed by atoms with Crippen LogP contribution < -0.4 is 14.8 Å². The van der Waals surface area contributed by atoms with Gasteiger partial charge in [0.1, 0.15) is 10.7 Å². The van der Waals surface area contributed by atoms with Crippen molar-refractivity contribution in [2.45, 2.75) is 26.2 Å². The molecular formula is C24H22FNO5S. The number of aromatic carboxylic acids is 1. The Balaban J connectivity index is 1.86. The fraction of sp³-hybridized carbons (Fsp3) is 0.250. The minimum Gasteiger partial charge on any atom is -0.490 e. The summed E-state index contributed by atoms with van der Waals surface area (Å²) in [5.74, 6) is -0.887. The lowest BCUT2D eigenvalue weighted by atomic mass is 9.88. The van der Waals surface area contributed by atoms with Gasteiger partial charge in [-0.2, -0.15) is 0 Å². The fourth-order valence-corrected chi connectivity index (χ4v) is 5.13. The Morgan fingerprint density at radius 1 is 1.12 bits per heavy atom. The molecule has 2 aromatic carbocycles. The summed E-state index contributed by atoms with van der Waals surface area (Å²) in [5.41, 5.74) is 2.22. The molecule has 4 rings (SSSR count). The fourth-order valence-electron chi connectivity index (χ4n) is 3.88. The molecule has 1 aliphatic heterocycles. The number of carbonyl (C=O) groups excluding carboxylic acids is 1. The summed E-state index contributed by atoms with van der Waals surface area (Å²) in [4.78, 5) is 25.5. The number of ether oxygens (including phenoxy) is 2. The van der Waals surface area contributed by atoms with Crippen LogP contribution in [-0.4, -0.2) is 30.2 Å². The van der Waals surface area contributed by atoms with Crippen molar-refractivity contribution < 1.29 is 28.6 Å². The molecule has 2 heterocycles. The van der Waals surface area contributed by atoms with E-state index in [-0.39, 0.29) is 23.1 Å². The zero-order valence-electron chi connectivity index (χ0n) is 17.6. The molecule has 1 amide bonds. The van der Waals surface area contributed by atoms with Crippen molar-refractivity contribution in [1.29, 1.82) is 0 Å². The molecule has 1 aliphatic rings. The van der Waals surface area contributed by atoms with E-state index in [1.165, 1.54) is 24.3 Å². The van der Waals surface area contributed by atoms with Crippen molar-refractivity contribution >= 4 is 28.9 Å². The Kier molecular flexibility index (Phi) is 6.14. The maximum Gasteiger partial charge on any atom is 0.346 e. The Bertz CT molecular complexity index is 1170. The van der Waals surface area contributed by atoms with Crippen LogP contribution in [0, 0.1) is 5.82 Å². The van der Waals surface area contributed by atoms with Gasteiger partial charge in [0.15, 0.2) is 11.5 Å². The van der Waals surface area contributed by atoms with E-state index in [9.17, 15) is 19.1 Å². The van der Waals surface area contributed by atoms with Crippen molar-refractivity contribution in [3.05, 3.63) is 63.6 Å². The first-order valence-electron chi connectivity index (χ1n) is 10.3. The van der Waals surface area contributed by atoms with Crippen LogP contribution in [0.4, 0.5) is 10.1 Å². The minimum absolute atomic E-state index is 0.102. The number of fused-ring (bicyclic) bond motifs is 1. The zero-order valence-corrected chi connectivity index (χ0v) is 18.4. The Labute approximate surface area is 188 Å². The van der Waals surface area contributed by atoms with Crippen LogP contribution in [0.25, 0.3) is 11.1 Å². The van der Waals surface area contributed by atoms with Crippen LogP contribution in [0.1, 0.15) is 46.3 Å². The summed E-state index contributed by atoms with van der Waals surface area (Å²) in [6.45, 7) is 4.71. The van der Waals surface area contributed by atoms with Gasteiger partial charge < -0.3 is 19.9 Å². The molecule has 0 radical (unpaired) electrons. The first-order valence-corrected chi connectivity index (χ1v) is 11.1. The predicted molar refractivity (Wildman–Crippen MR) is 121 cm³/mol. The van der Waals surface area contributed by atoms with Gasteiger partial charge >= 0.3 is 5.97 Å². The molecule has 6 nitrogen and oxygen atoms in total. The number of nitrogens with one attached hydrogen (secondary N) is 1. The summed E-state index contributed by atoms with van der Waals surface area (Å²) in [6, 6.07) is 11.1. The molecule has 2 N–H and O–H groups in total. The molecule has 0 bridgehead atoms. The SMILES string of the molecule is CCOc1ccc([C@@H]2CC(=O)Nc3c2sc(C(=O)O)c3-c2ccc(F)cc2)cc1OCC. The van der Waals surface area contributed by atoms with Gasteiger partial charge in [-0.1, -0.05) is 18.2 Å². The van der Waals surface area contributed by atoms with E-state index in [4.69, 9.17) is 9.47 Å². The lowest BCUT2D eigenvalue weighted by Crippen LogP contribution is -2.22. The monoisotopic (exact) mass is 455 g/mol. The normalized spacial score (nSPS) is 15.1. The number of hydrogen-bond donors (Lipinski definition) is 2. The first-order chi connectivity index (χ1) is 15.4. The quantitative estimate of drug-likeness (QED) is 0.490. The number of amides is 1. The number of thiophene rings is 1. The van der Waals surface area contributed by atoms with Crippen molar-refractivity contribution in [2.75, 3.05) is 18.5 Å². The minimum atomic E-state index is -1.10. The summed E-state index contributed by atoms with van der Waals surface area (Å²) >= 11 is 1.13. The number of carboxylic acids is 1. The van der Waals surface area contributed by atoms with Crippen molar-refractivity contribution in [1.82, 2.24) is 0 Å². The summed E-state index contributed by atoms with van der Waals surface area (Å²) < 4.78 is 24.8. The Morgan fingerprint density at radius 3 is 2.47 bits per heavy atom. The van der Waals surface area contributed by atoms with Gasteiger partial charge in [-0.25, -0.2) is 9.18 Å². The second-order valence-corrected chi connectivity index (χ2v) is 8.29. The molecule has 0 saturated heterocycles. The maximum absolute atomic E-state index is 13.5. The topological polar surface area (TPSA) is 84.9 Å². The van der Waals surface area contributed by atoms with E-state index in [2.05, 4.69) is 5.32 Å². The highest BCUT2D eigenvalue weighted by Crippen LogP contribution is 2.50. The van der Waals surface area contributed by atoms with Gasteiger partial charge in [0, 0.05) is 22.8 Å². The van der Waals surface area contributed by atoms with Crippen LogP contribution in [0.3, 0.4) is 0 Å². The summed E-state index contributed by atoms with van der Waals surface area (Å²) in [6.07, 6.45) is 0.176. The molecular weight excluding hydrogens is 433 g/mol. The highest BCUT2D eigenvalue weighted by molar-refractivity contribution is 7.15. The first kappa shape index (κ1) is 21.8. The number of hydrogen-bond acceptors (Lipinski definition) is 5. The third-order valence-electron chi connectivity index (χ3n) is 5.20. The summed E-state index contributed by atoms with van der Waals surface area (Å²) in [7, 11) is 0. The Morgan fingerprint density at radius 2 is 1.81 bits per heavy atom. The standard InChI is InChI=1S/C24H22FNO5S/c1-3-30-17-10-7-14(11-18(17)31-4-2)16-12-19(27)26-21-20(13-5-8-15(25)9-6-13)23(24(28)29)32-22(16)21/h5-11,16H,3-4,12H2,1-2H3,(H,26,27)(H,28,29)/t16-/m0/s1. The molecule has 3 aromatic rings. The Hall–Kier alpha value is -3.39. The lowest BCUT2D eigenvalue weighted by Gasteiger charge is -2.24. The van der Waals surface area contributed by atoms with E-state index in [1.807, 2.05) is 32.0 Å². The van der Waals surface area contributed by atoms with Gasteiger partial charge in [0.05, 0.1) is 18.9 Å². The molecule has 1 atom stereocenters. The number of rotatable bonds is 7. The van der Waals surface area contributed by atoms with E-state index in [0.717, 1.165) is 21.8 Å². The van der Waals surface area contributed by atoms with Crippen LogP contribution in [0.15, 0.2) is 42.5 Å². The second-order valence-electron chi connectivity index (χ2n) is 7.23. The second kappa shape index (κ2) is 9.00. The summed E-state index contributed by atoms with van der Waals surface area (Å²) in [5, 5.41) is 12.7. The number of anilines is 1. The van der Waals surface area contributed by atoms with Crippen molar-refractivity contribution in [2.24, 2.45) is 0 Å². The van der Waals surface area contributed by atoms with E-state index in [1.54, 1.807) is 0 Å². The van der Waals surface area contributed by atoms with Crippen LogP contribution in [0.2, 0.25) is 0 Å². The zero-order chi connectivity index (χ0) is 22.8. The molecule has 0 fully saturated rings. The number of carbonyl (C=O) groups is 2. The van der Waals surface area contributed by atoms with Crippen molar-refractivity contribution in [3.8, 4) is 22.6 Å². The molecule has 8 heteroatoms. The molecule has 32 heavy (non-hydrogen) atoms. The highest BCUT2D eigenvalue weighted by atomic mass is 32.1. The van der Waals surface area contributed by atoms with Gasteiger partial charge in [0.2, 0.25) is 5.91 Å². The highest BCUT2D eigenvalue weighted by Gasteiger charge is 2.34. The molecule has 0 saturated carbocycles. The third kappa shape index (κ3) is 4.05. The predicted octanol–water partition coefficient (Wildman–Crippen LogP) is 5.52. The average Bonchev–Trinajstić information content (AvgIpc) is 3.15.